The largest absolute Gasteiger partial charge is 0.243 e. The maximum atomic E-state index is 11.0. The van der Waals surface area contributed by atoms with Gasteiger partial charge in [0.1, 0.15) is 0 Å². The monoisotopic (exact) mass is 219 g/mol. The van der Waals surface area contributed by atoms with Gasteiger partial charge in [-0.25, -0.2) is 8.93 Å². The van der Waals surface area contributed by atoms with E-state index in [1.165, 1.54) is 12.8 Å². The van der Waals surface area contributed by atoms with Crippen LogP contribution < -0.4 is 4.72 Å². The maximum absolute atomic E-state index is 11.0. The predicted molar refractivity (Wildman–Crippen MR) is 64.6 cm³/mol. The van der Waals surface area contributed by atoms with Gasteiger partial charge in [-0.15, -0.1) is 0 Å². The smallest absolute Gasteiger partial charge is 0.0886 e. The van der Waals surface area contributed by atoms with Crippen molar-refractivity contribution in [2.24, 2.45) is 5.92 Å². The van der Waals surface area contributed by atoms with Crippen molar-refractivity contribution in [1.29, 1.82) is 0 Å². The fraction of sp³-hybridized carbons (Fsp3) is 1.00. The number of hydrogen-bond donors (Lipinski definition) is 1. The van der Waals surface area contributed by atoms with Crippen LogP contribution in [0.5, 0.6) is 0 Å². The molecule has 0 aliphatic rings. The van der Waals surface area contributed by atoms with Gasteiger partial charge < -0.3 is 0 Å². The number of nitrogens with one attached hydrogen (secondary N) is 1. The van der Waals surface area contributed by atoms with E-state index in [9.17, 15) is 4.21 Å². The summed E-state index contributed by atoms with van der Waals surface area (Å²) >= 11 is 0. The first kappa shape index (κ1) is 14.1. The van der Waals surface area contributed by atoms with Crippen LogP contribution in [-0.2, 0) is 11.0 Å². The summed E-state index contributed by atoms with van der Waals surface area (Å²) < 4.78 is 14.2. The van der Waals surface area contributed by atoms with E-state index >= 15 is 0 Å². The minimum absolute atomic E-state index is 0.444. The van der Waals surface area contributed by atoms with E-state index in [1.54, 1.807) is 6.26 Å². The summed E-state index contributed by atoms with van der Waals surface area (Å²) in [5, 5.41) is 0. The molecule has 0 fully saturated rings. The second-order valence-electron chi connectivity index (χ2n) is 4.15. The van der Waals surface area contributed by atoms with E-state index < -0.39 is 11.0 Å². The minimum Gasteiger partial charge on any atom is -0.243 e. The Kier molecular flexibility index (Phi) is 8.49. The maximum Gasteiger partial charge on any atom is 0.0886 e. The predicted octanol–water partition coefficient (Wildman–Crippen LogP) is 2.86. The Morgan fingerprint density at radius 2 is 1.86 bits per heavy atom. The van der Waals surface area contributed by atoms with Gasteiger partial charge in [-0.2, -0.15) is 0 Å². The van der Waals surface area contributed by atoms with Gasteiger partial charge in [0.2, 0.25) is 0 Å². The summed E-state index contributed by atoms with van der Waals surface area (Å²) in [7, 11) is -0.864. The lowest BCUT2D eigenvalue weighted by atomic mass is 9.98. The van der Waals surface area contributed by atoms with Gasteiger partial charge >= 0.3 is 0 Å². The first-order chi connectivity index (χ1) is 6.60. The molecule has 0 rings (SSSR count). The molecule has 0 heterocycles. The first-order valence-corrected chi connectivity index (χ1v) is 7.25. The number of rotatable bonds is 8. The molecule has 1 N–H and O–H groups in total. The van der Waals surface area contributed by atoms with Crippen LogP contribution in [0.3, 0.4) is 0 Å². The lowest BCUT2D eigenvalue weighted by Gasteiger charge is -2.18. The van der Waals surface area contributed by atoms with Gasteiger partial charge in [-0.05, 0) is 25.2 Å². The Labute approximate surface area is 91.4 Å². The highest BCUT2D eigenvalue weighted by molar-refractivity contribution is 7.82. The molecule has 0 aromatic heterocycles. The van der Waals surface area contributed by atoms with E-state index in [0.717, 1.165) is 25.2 Å². The summed E-state index contributed by atoms with van der Waals surface area (Å²) in [4.78, 5) is 0. The van der Waals surface area contributed by atoms with Crippen molar-refractivity contribution in [1.82, 2.24) is 4.72 Å². The van der Waals surface area contributed by atoms with Crippen molar-refractivity contribution in [2.75, 3.05) is 6.26 Å². The van der Waals surface area contributed by atoms with Gasteiger partial charge in [-0.3, -0.25) is 0 Å². The lowest BCUT2D eigenvalue weighted by Crippen LogP contribution is -2.30. The molecule has 2 nitrogen and oxygen atoms in total. The second-order valence-corrected chi connectivity index (χ2v) is 5.29. The van der Waals surface area contributed by atoms with E-state index in [1.807, 2.05) is 0 Å². The molecule has 0 aliphatic heterocycles. The van der Waals surface area contributed by atoms with Crippen LogP contribution in [-0.4, -0.2) is 16.5 Å². The summed E-state index contributed by atoms with van der Waals surface area (Å²) in [5.74, 6) is 0.793. The van der Waals surface area contributed by atoms with Crippen LogP contribution in [0, 0.1) is 5.92 Å². The van der Waals surface area contributed by atoms with E-state index in [4.69, 9.17) is 0 Å². The van der Waals surface area contributed by atoms with Crippen molar-refractivity contribution in [3.63, 3.8) is 0 Å². The van der Waals surface area contributed by atoms with Crippen LogP contribution in [0.25, 0.3) is 0 Å². The Morgan fingerprint density at radius 3 is 2.29 bits per heavy atom. The molecule has 3 heteroatoms. The molecular weight excluding hydrogens is 194 g/mol. The highest BCUT2D eigenvalue weighted by Crippen LogP contribution is 2.13. The fourth-order valence-electron chi connectivity index (χ4n) is 1.54. The fourth-order valence-corrected chi connectivity index (χ4v) is 2.24. The Morgan fingerprint density at radius 1 is 1.21 bits per heavy atom. The van der Waals surface area contributed by atoms with Crippen molar-refractivity contribution in [3.05, 3.63) is 0 Å². The normalized spacial score (nSPS) is 17.7. The van der Waals surface area contributed by atoms with Crippen LogP contribution in [0.4, 0.5) is 0 Å². The molecule has 0 bridgehead atoms. The quantitative estimate of drug-likeness (QED) is 0.668. The Hall–Kier alpha value is 0.110. The van der Waals surface area contributed by atoms with Gasteiger partial charge in [-0.1, -0.05) is 33.6 Å². The first-order valence-electron chi connectivity index (χ1n) is 5.69. The lowest BCUT2D eigenvalue weighted by molar-refractivity contribution is 0.429. The zero-order chi connectivity index (χ0) is 11.0. The van der Waals surface area contributed by atoms with Crippen LogP contribution in [0.15, 0.2) is 0 Å². The summed E-state index contributed by atoms with van der Waals surface area (Å²) in [6.45, 7) is 6.69. The van der Waals surface area contributed by atoms with Gasteiger partial charge in [0.15, 0.2) is 0 Å². The van der Waals surface area contributed by atoms with Crippen molar-refractivity contribution in [3.8, 4) is 0 Å². The van der Waals surface area contributed by atoms with Crippen LogP contribution >= 0.6 is 0 Å². The average Bonchev–Trinajstić information content (AvgIpc) is 2.13. The molecule has 3 unspecified atom stereocenters. The minimum atomic E-state index is -0.864. The van der Waals surface area contributed by atoms with Crippen LogP contribution in [0.1, 0.15) is 52.9 Å². The van der Waals surface area contributed by atoms with Crippen LogP contribution in [0.2, 0.25) is 0 Å². The topological polar surface area (TPSA) is 29.1 Å². The second kappa shape index (κ2) is 8.42. The van der Waals surface area contributed by atoms with Gasteiger partial charge in [0, 0.05) is 12.3 Å². The molecule has 0 aliphatic carbocycles. The van der Waals surface area contributed by atoms with Crippen molar-refractivity contribution >= 4 is 11.0 Å². The van der Waals surface area contributed by atoms with E-state index in [-0.39, 0.29) is 0 Å². The molecular formula is C11H25NOS. The van der Waals surface area contributed by atoms with Crippen molar-refractivity contribution in [2.45, 2.75) is 58.9 Å². The zero-order valence-electron chi connectivity index (χ0n) is 10.0. The van der Waals surface area contributed by atoms with Gasteiger partial charge in [0.25, 0.3) is 0 Å². The highest BCUT2D eigenvalue weighted by atomic mass is 32.2. The van der Waals surface area contributed by atoms with Crippen molar-refractivity contribution < 1.29 is 4.21 Å². The molecule has 14 heavy (non-hydrogen) atoms. The molecule has 0 radical (unpaired) electrons. The summed E-state index contributed by atoms with van der Waals surface area (Å²) in [5.41, 5.74) is 0. The third-order valence-corrected chi connectivity index (χ3v) is 3.34. The molecule has 3 atom stereocenters. The molecule has 0 aromatic carbocycles. The molecule has 0 saturated heterocycles. The SMILES string of the molecule is CCCC(CCC(C)CC)NS(C)=O. The number of hydrogen-bond acceptors (Lipinski definition) is 1. The zero-order valence-corrected chi connectivity index (χ0v) is 10.8. The summed E-state index contributed by atoms with van der Waals surface area (Å²) in [6, 6.07) is 0.444. The molecule has 86 valence electrons. The standard InChI is InChI=1S/C11H25NOS/c1-5-7-11(12-14(4)13)9-8-10(3)6-2/h10-12H,5-9H2,1-4H3. The molecule has 0 spiro atoms. The van der Waals surface area contributed by atoms with Gasteiger partial charge in [0.05, 0.1) is 11.0 Å². The Bertz CT molecular complexity index is 161. The highest BCUT2D eigenvalue weighted by Gasteiger charge is 2.10. The third kappa shape index (κ3) is 7.51. The molecule has 0 aromatic rings. The van der Waals surface area contributed by atoms with E-state index in [2.05, 4.69) is 25.5 Å². The third-order valence-electron chi connectivity index (χ3n) is 2.67. The molecule has 0 saturated carbocycles. The van der Waals surface area contributed by atoms with E-state index in [0.29, 0.717) is 6.04 Å². The Balaban J connectivity index is 3.77. The average molecular weight is 219 g/mol. The molecule has 0 amide bonds. The summed E-state index contributed by atoms with van der Waals surface area (Å²) in [6.07, 6.45) is 7.65.